The molecule has 1 aromatic heterocycles. The summed E-state index contributed by atoms with van der Waals surface area (Å²) >= 11 is 0. The van der Waals surface area contributed by atoms with Crippen molar-refractivity contribution in [3.8, 4) is 5.75 Å². The van der Waals surface area contributed by atoms with Gasteiger partial charge < -0.3 is 20.3 Å². The minimum Gasteiger partial charge on any atom is -0.497 e. The Balaban J connectivity index is 1.56. The van der Waals surface area contributed by atoms with E-state index in [2.05, 4.69) is 15.6 Å². The van der Waals surface area contributed by atoms with Gasteiger partial charge in [0.1, 0.15) is 11.4 Å². The van der Waals surface area contributed by atoms with Crippen LogP contribution in [-0.4, -0.2) is 32.1 Å². The van der Waals surface area contributed by atoms with Crippen molar-refractivity contribution in [1.29, 1.82) is 0 Å². The smallest absolute Gasteiger partial charge is 0.274 e. The van der Waals surface area contributed by atoms with Gasteiger partial charge in [-0.1, -0.05) is 12.1 Å². The van der Waals surface area contributed by atoms with E-state index in [1.807, 2.05) is 73.6 Å². The fourth-order valence-electron chi connectivity index (χ4n) is 2.62. The largest absolute Gasteiger partial charge is 0.497 e. The molecule has 0 radical (unpaired) electrons. The van der Waals surface area contributed by atoms with Crippen LogP contribution in [0.4, 0.5) is 17.1 Å². The standard InChI is InChI=1S/C22H24N4O2/c1-26(2)19-9-6-17(7-10-19)25-22(27)21-13-8-18(15-24-21)23-14-16-4-11-20(28-3)12-5-16/h4-13,15,23H,14H2,1-3H3,(H,25,27). The Bertz CT molecular complexity index is 905. The van der Waals surface area contributed by atoms with Crippen LogP contribution < -0.4 is 20.3 Å². The Hall–Kier alpha value is -3.54. The zero-order chi connectivity index (χ0) is 19.9. The van der Waals surface area contributed by atoms with Crippen molar-refractivity contribution < 1.29 is 9.53 Å². The molecule has 0 spiro atoms. The summed E-state index contributed by atoms with van der Waals surface area (Å²) in [6.45, 7) is 0.662. The van der Waals surface area contributed by atoms with Gasteiger partial charge in [0, 0.05) is 32.0 Å². The molecule has 1 heterocycles. The van der Waals surface area contributed by atoms with Crippen molar-refractivity contribution in [2.75, 3.05) is 36.7 Å². The maximum Gasteiger partial charge on any atom is 0.274 e. The number of hydrogen-bond acceptors (Lipinski definition) is 5. The topological polar surface area (TPSA) is 66.5 Å². The lowest BCUT2D eigenvalue weighted by Gasteiger charge is -2.13. The molecule has 3 rings (SSSR count). The third kappa shape index (κ3) is 5.01. The molecular weight excluding hydrogens is 352 g/mol. The first-order valence-corrected chi connectivity index (χ1v) is 8.97. The van der Waals surface area contributed by atoms with Crippen LogP contribution in [0.3, 0.4) is 0 Å². The zero-order valence-electron chi connectivity index (χ0n) is 16.3. The first kappa shape index (κ1) is 19.2. The van der Waals surface area contributed by atoms with Gasteiger partial charge in [-0.3, -0.25) is 4.79 Å². The Morgan fingerprint density at radius 1 is 0.964 bits per heavy atom. The van der Waals surface area contributed by atoms with Crippen molar-refractivity contribution in [3.05, 3.63) is 78.1 Å². The Morgan fingerprint density at radius 3 is 2.21 bits per heavy atom. The number of nitrogens with one attached hydrogen (secondary N) is 2. The van der Waals surface area contributed by atoms with Crippen LogP contribution in [0.15, 0.2) is 66.9 Å². The molecule has 0 saturated heterocycles. The van der Waals surface area contributed by atoms with Crippen molar-refractivity contribution in [1.82, 2.24) is 4.98 Å². The van der Waals surface area contributed by atoms with Crippen LogP contribution in [0.25, 0.3) is 0 Å². The Kier molecular flexibility index (Phi) is 6.11. The number of nitrogens with zero attached hydrogens (tertiary/aromatic N) is 2. The SMILES string of the molecule is COc1ccc(CNc2ccc(C(=O)Nc3ccc(N(C)C)cc3)nc2)cc1. The highest BCUT2D eigenvalue weighted by Gasteiger charge is 2.08. The van der Waals surface area contributed by atoms with E-state index in [0.717, 1.165) is 28.4 Å². The number of carbonyl (C=O) groups is 1. The maximum atomic E-state index is 12.4. The number of amides is 1. The van der Waals surface area contributed by atoms with Crippen LogP contribution in [0.2, 0.25) is 0 Å². The van der Waals surface area contributed by atoms with E-state index in [1.165, 1.54) is 0 Å². The van der Waals surface area contributed by atoms with E-state index in [0.29, 0.717) is 12.2 Å². The maximum absolute atomic E-state index is 12.4. The van der Waals surface area contributed by atoms with Gasteiger partial charge in [0.2, 0.25) is 0 Å². The molecule has 28 heavy (non-hydrogen) atoms. The molecule has 2 N–H and O–H groups in total. The van der Waals surface area contributed by atoms with Crippen molar-refractivity contribution in [3.63, 3.8) is 0 Å². The summed E-state index contributed by atoms with van der Waals surface area (Å²) in [5.74, 6) is 0.594. The second-order valence-electron chi connectivity index (χ2n) is 6.53. The molecule has 2 aromatic carbocycles. The molecule has 0 bridgehead atoms. The number of hydrogen-bond donors (Lipinski definition) is 2. The predicted molar refractivity (Wildman–Crippen MR) is 113 cm³/mol. The highest BCUT2D eigenvalue weighted by atomic mass is 16.5. The normalized spacial score (nSPS) is 10.2. The molecule has 3 aromatic rings. The number of ether oxygens (including phenoxy) is 1. The minimum absolute atomic E-state index is 0.237. The van der Waals surface area contributed by atoms with Crippen LogP contribution in [0.5, 0.6) is 5.75 Å². The van der Waals surface area contributed by atoms with Crippen molar-refractivity contribution in [2.24, 2.45) is 0 Å². The highest BCUT2D eigenvalue weighted by molar-refractivity contribution is 6.03. The monoisotopic (exact) mass is 376 g/mol. The summed E-state index contributed by atoms with van der Waals surface area (Å²) in [5, 5.41) is 6.15. The van der Waals surface area contributed by atoms with Gasteiger partial charge in [0.05, 0.1) is 19.0 Å². The van der Waals surface area contributed by atoms with Crippen LogP contribution in [0, 0.1) is 0 Å². The molecule has 6 heteroatoms. The number of pyridine rings is 1. The van der Waals surface area contributed by atoms with E-state index < -0.39 is 0 Å². The quantitative estimate of drug-likeness (QED) is 0.652. The molecular formula is C22H24N4O2. The molecule has 0 aliphatic heterocycles. The second kappa shape index (κ2) is 8.90. The first-order valence-electron chi connectivity index (χ1n) is 8.97. The van der Waals surface area contributed by atoms with Crippen molar-refractivity contribution >= 4 is 23.0 Å². The first-order chi connectivity index (χ1) is 13.5. The summed E-state index contributed by atoms with van der Waals surface area (Å²) < 4.78 is 5.16. The van der Waals surface area contributed by atoms with Gasteiger partial charge >= 0.3 is 0 Å². The third-order valence-corrected chi connectivity index (χ3v) is 4.29. The predicted octanol–water partition coefficient (Wildman–Crippen LogP) is 4.02. The van der Waals surface area contributed by atoms with Gasteiger partial charge in [-0.15, -0.1) is 0 Å². The minimum atomic E-state index is -0.237. The van der Waals surface area contributed by atoms with Gasteiger partial charge in [-0.2, -0.15) is 0 Å². The molecule has 0 aliphatic rings. The van der Waals surface area contributed by atoms with E-state index in [-0.39, 0.29) is 5.91 Å². The number of methoxy groups -OCH3 is 1. The van der Waals surface area contributed by atoms with E-state index in [4.69, 9.17) is 4.74 Å². The molecule has 6 nitrogen and oxygen atoms in total. The van der Waals surface area contributed by atoms with Crippen LogP contribution >= 0.6 is 0 Å². The molecule has 0 atom stereocenters. The fourth-order valence-corrected chi connectivity index (χ4v) is 2.62. The number of carbonyl (C=O) groups excluding carboxylic acids is 1. The van der Waals surface area contributed by atoms with E-state index >= 15 is 0 Å². The summed E-state index contributed by atoms with van der Waals surface area (Å²) in [7, 11) is 5.60. The van der Waals surface area contributed by atoms with Gasteiger partial charge in [0.25, 0.3) is 5.91 Å². The molecule has 144 valence electrons. The van der Waals surface area contributed by atoms with Gasteiger partial charge in [-0.05, 0) is 54.1 Å². The van der Waals surface area contributed by atoms with Gasteiger partial charge in [-0.25, -0.2) is 4.98 Å². The van der Waals surface area contributed by atoms with E-state index in [1.54, 1.807) is 19.4 Å². The molecule has 0 aliphatic carbocycles. The fraction of sp³-hybridized carbons (Fsp3) is 0.182. The summed E-state index contributed by atoms with van der Waals surface area (Å²) in [6, 6.07) is 19.1. The number of rotatable bonds is 7. The van der Waals surface area contributed by atoms with Crippen LogP contribution in [0.1, 0.15) is 16.1 Å². The lowest BCUT2D eigenvalue weighted by atomic mass is 10.2. The average molecular weight is 376 g/mol. The summed E-state index contributed by atoms with van der Waals surface area (Å²) in [5.41, 5.74) is 4.15. The number of benzene rings is 2. The molecule has 0 saturated carbocycles. The van der Waals surface area contributed by atoms with E-state index in [9.17, 15) is 4.79 Å². The molecule has 0 unspecified atom stereocenters. The lowest BCUT2D eigenvalue weighted by molar-refractivity contribution is 0.102. The summed E-state index contributed by atoms with van der Waals surface area (Å²) in [4.78, 5) is 18.6. The van der Waals surface area contributed by atoms with Crippen molar-refractivity contribution in [2.45, 2.75) is 6.54 Å². The lowest BCUT2D eigenvalue weighted by Crippen LogP contribution is -2.14. The highest BCUT2D eigenvalue weighted by Crippen LogP contribution is 2.17. The third-order valence-electron chi connectivity index (χ3n) is 4.29. The average Bonchev–Trinajstić information content (AvgIpc) is 2.73. The number of aromatic nitrogens is 1. The van der Waals surface area contributed by atoms with Gasteiger partial charge in [0.15, 0.2) is 0 Å². The summed E-state index contributed by atoms with van der Waals surface area (Å²) in [6.07, 6.45) is 1.66. The zero-order valence-corrected chi connectivity index (χ0v) is 16.3. The number of anilines is 3. The van der Waals surface area contributed by atoms with Crippen LogP contribution in [-0.2, 0) is 6.54 Å². The molecule has 1 amide bonds. The Morgan fingerprint density at radius 2 is 1.64 bits per heavy atom. The Labute approximate surface area is 165 Å². The second-order valence-corrected chi connectivity index (χ2v) is 6.53. The molecule has 0 fully saturated rings.